The fraction of sp³-hybridized carbons (Fsp3) is 0. The zero-order valence-corrected chi connectivity index (χ0v) is 8.99. The van der Waals surface area contributed by atoms with Crippen molar-refractivity contribution in [3.63, 3.8) is 0 Å². The van der Waals surface area contributed by atoms with E-state index in [0.29, 0.717) is 0 Å². The van der Waals surface area contributed by atoms with Crippen molar-refractivity contribution in [3.05, 3.63) is 34.4 Å². The van der Waals surface area contributed by atoms with Crippen molar-refractivity contribution in [3.8, 4) is 11.4 Å². The summed E-state index contributed by atoms with van der Waals surface area (Å²) in [5, 5.41) is 0. The monoisotopic (exact) mass is 258 g/mol. The van der Waals surface area contributed by atoms with Crippen LogP contribution in [0.2, 0.25) is 0 Å². The Kier molecular flexibility index (Phi) is 2.80. The van der Waals surface area contributed by atoms with E-state index >= 15 is 0 Å². The third-order valence-corrected chi connectivity index (χ3v) is 2.11. The highest BCUT2D eigenvalue weighted by atomic mass is 32.1. The van der Waals surface area contributed by atoms with Crippen LogP contribution in [0.25, 0.3) is 11.4 Å². The second-order valence-electron chi connectivity index (χ2n) is 3.12. The lowest BCUT2D eigenvalue weighted by atomic mass is 10.2. The Balaban J connectivity index is 2.64. The molecule has 0 spiro atoms. The Morgan fingerprint density at radius 1 is 1.12 bits per heavy atom. The van der Waals surface area contributed by atoms with Crippen LogP contribution < -0.4 is 5.73 Å². The summed E-state index contributed by atoms with van der Waals surface area (Å²) in [6, 6.07) is 1.57. The molecule has 17 heavy (non-hydrogen) atoms. The van der Waals surface area contributed by atoms with Gasteiger partial charge < -0.3 is 10.7 Å². The summed E-state index contributed by atoms with van der Waals surface area (Å²) in [5.74, 6) is -4.23. The molecule has 0 saturated heterocycles. The molecule has 3 N–H and O–H groups in total. The summed E-state index contributed by atoms with van der Waals surface area (Å²) >= 11 is 4.69. The van der Waals surface area contributed by atoms with Gasteiger partial charge in [0.05, 0.1) is 0 Å². The van der Waals surface area contributed by atoms with Gasteiger partial charge in [0.1, 0.15) is 5.82 Å². The van der Waals surface area contributed by atoms with Crippen LogP contribution in [-0.2, 0) is 0 Å². The number of hydrogen-bond acceptors (Lipinski definition) is 4. The van der Waals surface area contributed by atoms with E-state index in [2.05, 4.69) is 15.0 Å². The van der Waals surface area contributed by atoms with Gasteiger partial charge in [0, 0.05) is 5.56 Å². The lowest BCUT2D eigenvalue weighted by Crippen LogP contribution is -2.01. The maximum atomic E-state index is 13.0. The number of nitrogens with two attached hydrogens (primary N) is 1. The van der Waals surface area contributed by atoms with E-state index < -0.39 is 17.5 Å². The number of aromatic nitrogens is 3. The van der Waals surface area contributed by atoms with Crippen molar-refractivity contribution in [2.75, 3.05) is 5.73 Å². The first kappa shape index (κ1) is 11.5. The van der Waals surface area contributed by atoms with Gasteiger partial charge in [-0.2, -0.15) is 4.98 Å². The Morgan fingerprint density at radius 3 is 2.24 bits per heavy atom. The SMILES string of the molecule is Nc1nc(=S)nc(-c2cc(F)c(F)c(F)c2)[nH]1. The molecule has 8 heteroatoms. The Morgan fingerprint density at radius 2 is 1.71 bits per heavy atom. The highest BCUT2D eigenvalue weighted by molar-refractivity contribution is 7.71. The summed E-state index contributed by atoms with van der Waals surface area (Å²) < 4.78 is 38.7. The molecule has 2 rings (SSSR count). The predicted octanol–water partition coefficient (Wildman–Crippen LogP) is 2.20. The highest BCUT2D eigenvalue weighted by Gasteiger charge is 2.13. The molecule has 0 fully saturated rings. The summed E-state index contributed by atoms with van der Waals surface area (Å²) in [5.41, 5.74) is 5.36. The molecule has 0 amide bonds. The second kappa shape index (κ2) is 4.13. The fourth-order valence-corrected chi connectivity index (χ4v) is 1.42. The molecular weight excluding hydrogens is 253 g/mol. The summed E-state index contributed by atoms with van der Waals surface area (Å²) in [6.07, 6.45) is 0. The van der Waals surface area contributed by atoms with E-state index in [0.717, 1.165) is 12.1 Å². The molecule has 0 saturated carbocycles. The van der Waals surface area contributed by atoms with Crippen LogP contribution in [0.3, 0.4) is 0 Å². The van der Waals surface area contributed by atoms with Gasteiger partial charge in [-0.3, -0.25) is 0 Å². The molecule has 0 bridgehead atoms. The van der Waals surface area contributed by atoms with Crippen LogP contribution in [0.1, 0.15) is 0 Å². The number of H-pyrrole nitrogens is 1. The number of halogens is 3. The number of benzene rings is 1. The van der Waals surface area contributed by atoms with Gasteiger partial charge in [0.15, 0.2) is 17.5 Å². The number of nitrogens with zero attached hydrogens (tertiary/aromatic N) is 2. The standard InChI is InChI=1S/C9H5F3N4S/c10-4-1-3(2-5(11)6(4)12)7-14-8(13)16-9(17)15-7/h1-2H,(H3,13,14,15,16,17). The van der Waals surface area contributed by atoms with Gasteiger partial charge >= 0.3 is 0 Å². The third kappa shape index (κ3) is 2.26. The maximum Gasteiger partial charge on any atom is 0.224 e. The first-order valence-electron chi connectivity index (χ1n) is 4.36. The van der Waals surface area contributed by atoms with Crippen LogP contribution in [-0.4, -0.2) is 15.0 Å². The molecule has 4 nitrogen and oxygen atoms in total. The smallest absolute Gasteiger partial charge is 0.224 e. The van der Waals surface area contributed by atoms with Crippen molar-refractivity contribution in [1.82, 2.24) is 15.0 Å². The van der Waals surface area contributed by atoms with E-state index in [9.17, 15) is 13.2 Å². The van der Waals surface area contributed by atoms with Gasteiger partial charge in [-0.15, -0.1) is 0 Å². The van der Waals surface area contributed by atoms with Crippen molar-refractivity contribution < 1.29 is 13.2 Å². The molecule has 1 heterocycles. The Bertz CT molecular complexity index is 617. The average molecular weight is 258 g/mol. The molecule has 2 aromatic rings. The van der Waals surface area contributed by atoms with Crippen molar-refractivity contribution in [2.24, 2.45) is 0 Å². The number of nitrogens with one attached hydrogen (secondary N) is 1. The lowest BCUT2D eigenvalue weighted by molar-refractivity contribution is 0.447. The number of hydrogen-bond donors (Lipinski definition) is 2. The van der Waals surface area contributed by atoms with Crippen molar-refractivity contribution >= 4 is 18.2 Å². The number of nitrogen functional groups attached to an aromatic ring is 1. The molecular formula is C9H5F3N4S. The van der Waals surface area contributed by atoms with Crippen LogP contribution in [0.5, 0.6) is 0 Å². The molecule has 0 radical (unpaired) electrons. The number of anilines is 1. The highest BCUT2D eigenvalue weighted by Crippen LogP contribution is 2.20. The van der Waals surface area contributed by atoms with Gasteiger partial charge in [-0.05, 0) is 24.4 Å². The van der Waals surface area contributed by atoms with Crippen LogP contribution in [0, 0.1) is 22.2 Å². The molecule has 0 aliphatic heterocycles. The van der Waals surface area contributed by atoms with Crippen LogP contribution >= 0.6 is 12.2 Å². The summed E-state index contributed by atoms with van der Waals surface area (Å²) in [6.45, 7) is 0. The largest absolute Gasteiger partial charge is 0.369 e. The van der Waals surface area contributed by atoms with Crippen molar-refractivity contribution in [1.29, 1.82) is 0 Å². The average Bonchev–Trinajstić information content (AvgIpc) is 2.23. The third-order valence-electron chi connectivity index (χ3n) is 1.93. The topological polar surface area (TPSA) is 67.6 Å². The van der Waals surface area contributed by atoms with Crippen LogP contribution in [0.4, 0.5) is 19.1 Å². The predicted molar refractivity (Wildman–Crippen MR) is 56.9 cm³/mol. The quantitative estimate of drug-likeness (QED) is 0.608. The number of aromatic amines is 1. The Labute approximate surface area is 98.3 Å². The van der Waals surface area contributed by atoms with E-state index in [1.54, 1.807) is 0 Å². The van der Waals surface area contributed by atoms with Crippen molar-refractivity contribution in [2.45, 2.75) is 0 Å². The minimum absolute atomic E-state index is 0.0124. The van der Waals surface area contributed by atoms with E-state index in [1.807, 2.05) is 0 Å². The Hall–Kier alpha value is -1.96. The first-order valence-corrected chi connectivity index (χ1v) is 4.77. The zero-order valence-electron chi connectivity index (χ0n) is 8.17. The molecule has 1 aromatic heterocycles. The van der Waals surface area contributed by atoms with E-state index in [1.165, 1.54) is 0 Å². The van der Waals surface area contributed by atoms with Gasteiger partial charge in [-0.25, -0.2) is 18.2 Å². The molecule has 0 aliphatic rings. The molecule has 88 valence electrons. The van der Waals surface area contributed by atoms with Gasteiger partial charge in [-0.1, -0.05) is 0 Å². The zero-order chi connectivity index (χ0) is 12.6. The molecule has 0 aliphatic carbocycles. The molecule has 1 aromatic carbocycles. The summed E-state index contributed by atoms with van der Waals surface area (Å²) in [4.78, 5) is 9.79. The summed E-state index contributed by atoms with van der Waals surface area (Å²) in [7, 11) is 0. The number of rotatable bonds is 1. The van der Waals surface area contributed by atoms with Gasteiger partial charge in [0.25, 0.3) is 0 Å². The normalized spacial score (nSPS) is 10.5. The minimum Gasteiger partial charge on any atom is -0.369 e. The minimum atomic E-state index is -1.55. The second-order valence-corrected chi connectivity index (χ2v) is 3.48. The van der Waals surface area contributed by atoms with Crippen LogP contribution in [0.15, 0.2) is 12.1 Å². The maximum absolute atomic E-state index is 13.0. The lowest BCUT2D eigenvalue weighted by Gasteiger charge is -2.03. The molecule has 0 atom stereocenters. The fourth-order valence-electron chi connectivity index (χ4n) is 1.23. The first-order chi connectivity index (χ1) is 7.97. The van der Waals surface area contributed by atoms with E-state index in [4.69, 9.17) is 18.0 Å². The van der Waals surface area contributed by atoms with E-state index in [-0.39, 0.29) is 22.1 Å². The van der Waals surface area contributed by atoms with Gasteiger partial charge in [0.2, 0.25) is 10.7 Å². The molecule has 0 unspecified atom stereocenters.